The van der Waals surface area contributed by atoms with Crippen LogP contribution in [0.25, 0.3) is 32.9 Å². The van der Waals surface area contributed by atoms with Crippen molar-refractivity contribution in [3.05, 3.63) is 83.3 Å². The molecule has 0 saturated carbocycles. The molecule has 5 aromatic rings. The molecular formula is C25H25N7S. The Kier molecular flexibility index (Phi) is 5.95. The van der Waals surface area contributed by atoms with Crippen LogP contribution in [0.5, 0.6) is 0 Å². The predicted molar refractivity (Wildman–Crippen MR) is 133 cm³/mol. The van der Waals surface area contributed by atoms with Gasteiger partial charge in [0.15, 0.2) is 5.82 Å². The monoisotopic (exact) mass is 455 g/mol. The highest BCUT2D eigenvalue weighted by atomic mass is 32.1. The summed E-state index contributed by atoms with van der Waals surface area (Å²) < 4.78 is 0.944. The smallest absolute Gasteiger partial charge is 0.160 e. The first-order valence-electron chi connectivity index (χ1n) is 10.9. The zero-order valence-electron chi connectivity index (χ0n) is 18.3. The molecule has 0 aliphatic carbocycles. The molecule has 8 heteroatoms. The second-order valence-electron chi connectivity index (χ2n) is 8.01. The van der Waals surface area contributed by atoms with E-state index in [9.17, 15) is 0 Å². The van der Waals surface area contributed by atoms with E-state index < -0.39 is 6.04 Å². The molecule has 2 unspecified atom stereocenters. The van der Waals surface area contributed by atoms with Crippen LogP contribution in [0.2, 0.25) is 0 Å². The largest absolute Gasteiger partial charge is 0.326 e. The van der Waals surface area contributed by atoms with Gasteiger partial charge in [0.2, 0.25) is 0 Å². The zero-order chi connectivity index (χ0) is 22.8. The van der Waals surface area contributed by atoms with Crippen LogP contribution in [0.1, 0.15) is 29.9 Å². The van der Waals surface area contributed by atoms with Gasteiger partial charge in [-0.05, 0) is 36.6 Å². The molecular weight excluding hydrogens is 430 g/mol. The minimum Gasteiger partial charge on any atom is -0.326 e. The molecule has 0 saturated heterocycles. The zero-order valence-corrected chi connectivity index (χ0v) is 19.1. The lowest BCUT2D eigenvalue weighted by molar-refractivity contribution is 0.537. The Balaban J connectivity index is 1.62. The summed E-state index contributed by atoms with van der Waals surface area (Å²) in [5.74, 6) is 0.605. The number of aromatic nitrogens is 5. The molecule has 2 atom stereocenters. The molecule has 166 valence electrons. The fraction of sp³-hybridized carbons (Fsp3) is 0.200. The fourth-order valence-corrected chi connectivity index (χ4v) is 4.91. The molecule has 4 aromatic heterocycles. The van der Waals surface area contributed by atoms with E-state index in [0.717, 1.165) is 50.4 Å². The molecule has 7 nitrogen and oxygen atoms in total. The predicted octanol–water partition coefficient (Wildman–Crippen LogP) is 4.28. The Hall–Kier alpha value is -3.46. The normalized spacial score (nSPS) is 13.3. The molecule has 0 aliphatic rings. The number of nitrogens with zero attached hydrogens (tertiary/aromatic N) is 4. The molecule has 33 heavy (non-hydrogen) atoms. The standard InChI is InChI=1S/C25H25N7S/c1-2-17-13-20(32-31-17)18-14-33-24-22(18)29-25(16-8-10-28-11-9-16)30-23(24)21(27)19(26)12-15-6-4-3-5-7-15/h3-11,13-14,19,21H,2,12,26-27H2,1H3,(H,31,32). The number of thiophene rings is 1. The van der Waals surface area contributed by atoms with Crippen molar-refractivity contribution in [2.45, 2.75) is 31.8 Å². The number of nitrogens with two attached hydrogens (primary N) is 2. The van der Waals surface area contributed by atoms with Gasteiger partial charge >= 0.3 is 0 Å². The average Bonchev–Trinajstić information content (AvgIpc) is 3.51. The number of hydrogen-bond donors (Lipinski definition) is 3. The molecule has 0 spiro atoms. The molecule has 4 heterocycles. The van der Waals surface area contributed by atoms with Gasteiger partial charge in [-0.1, -0.05) is 37.3 Å². The summed E-state index contributed by atoms with van der Waals surface area (Å²) in [7, 11) is 0. The SMILES string of the molecule is CCc1cc(-c2csc3c(C(N)C(N)Cc4ccccc4)nc(-c4ccncc4)nc23)n[nH]1. The first-order chi connectivity index (χ1) is 16.1. The topological polar surface area (TPSA) is 119 Å². The van der Waals surface area contributed by atoms with Crippen LogP contribution in [-0.4, -0.2) is 31.2 Å². The van der Waals surface area contributed by atoms with E-state index in [-0.39, 0.29) is 6.04 Å². The number of hydrogen-bond acceptors (Lipinski definition) is 7. The second-order valence-corrected chi connectivity index (χ2v) is 8.89. The Morgan fingerprint density at radius 3 is 2.55 bits per heavy atom. The van der Waals surface area contributed by atoms with E-state index in [4.69, 9.17) is 21.4 Å². The first kappa shape index (κ1) is 21.4. The van der Waals surface area contributed by atoms with E-state index in [0.29, 0.717) is 12.2 Å². The number of benzene rings is 1. The summed E-state index contributed by atoms with van der Waals surface area (Å²) in [6.45, 7) is 2.10. The van der Waals surface area contributed by atoms with Crippen LogP contribution in [0.15, 0.2) is 66.3 Å². The van der Waals surface area contributed by atoms with Crippen molar-refractivity contribution in [2.24, 2.45) is 11.5 Å². The van der Waals surface area contributed by atoms with Crippen LogP contribution in [0.3, 0.4) is 0 Å². The van der Waals surface area contributed by atoms with Crippen molar-refractivity contribution >= 4 is 21.6 Å². The van der Waals surface area contributed by atoms with E-state index in [1.807, 2.05) is 30.3 Å². The van der Waals surface area contributed by atoms with Crippen molar-refractivity contribution in [2.75, 3.05) is 0 Å². The van der Waals surface area contributed by atoms with E-state index in [1.165, 1.54) is 0 Å². The maximum Gasteiger partial charge on any atom is 0.160 e. The molecule has 1 aromatic carbocycles. The summed E-state index contributed by atoms with van der Waals surface area (Å²) in [5.41, 5.74) is 19.9. The summed E-state index contributed by atoms with van der Waals surface area (Å²) in [5, 5.41) is 9.67. The first-order valence-corrected chi connectivity index (χ1v) is 11.8. The molecule has 5 rings (SSSR count). The molecule has 0 radical (unpaired) electrons. The van der Waals surface area contributed by atoms with Gasteiger partial charge in [0, 0.05) is 40.6 Å². The summed E-state index contributed by atoms with van der Waals surface area (Å²) >= 11 is 1.58. The highest BCUT2D eigenvalue weighted by molar-refractivity contribution is 7.17. The van der Waals surface area contributed by atoms with Crippen LogP contribution in [-0.2, 0) is 12.8 Å². The van der Waals surface area contributed by atoms with Gasteiger partial charge in [0.25, 0.3) is 0 Å². The lowest BCUT2D eigenvalue weighted by Gasteiger charge is -2.20. The number of aryl methyl sites for hydroxylation is 1. The van der Waals surface area contributed by atoms with Gasteiger partial charge in [0.05, 0.1) is 27.6 Å². The number of nitrogens with one attached hydrogen (secondary N) is 1. The Morgan fingerprint density at radius 1 is 1.03 bits per heavy atom. The highest BCUT2D eigenvalue weighted by Gasteiger charge is 2.24. The van der Waals surface area contributed by atoms with Gasteiger partial charge in [-0.3, -0.25) is 10.1 Å². The summed E-state index contributed by atoms with van der Waals surface area (Å²) in [6.07, 6.45) is 5.02. The summed E-state index contributed by atoms with van der Waals surface area (Å²) in [4.78, 5) is 13.9. The van der Waals surface area contributed by atoms with Crippen molar-refractivity contribution in [1.29, 1.82) is 0 Å². The maximum absolute atomic E-state index is 6.73. The van der Waals surface area contributed by atoms with Gasteiger partial charge in [-0.2, -0.15) is 5.10 Å². The molecule has 0 aliphatic heterocycles. The van der Waals surface area contributed by atoms with Crippen molar-refractivity contribution in [3.8, 4) is 22.6 Å². The minimum atomic E-state index is -0.451. The number of aromatic amines is 1. The Bertz CT molecular complexity index is 1360. The van der Waals surface area contributed by atoms with Crippen molar-refractivity contribution < 1.29 is 0 Å². The van der Waals surface area contributed by atoms with Gasteiger partial charge in [-0.15, -0.1) is 11.3 Å². The van der Waals surface area contributed by atoms with Crippen LogP contribution >= 0.6 is 11.3 Å². The highest BCUT2D eigenvalue weighted by Crippen LogP contribution is 2.37. The quantitative estimate of drug-likeness (QED) is 0.337. The number of H-pyrrole nitrogens is 1. The van der Waals surface area contributed by atoms with Gasteiger partial charge in [-0.25, -0.2) is 9.97 Å². The fourth-order valence-electron chi connectivity index (χ4n) is 3.87. The molecule has 5 N–H and O–H groups in total. The van der Waals surface area contributed by atoms with Crippen molar-refractivity contribution in [3.63, 3.8) is 0 Å². The number of pyridine rings is 1. The average molecular weight is 456 g/mol. The van der Waals surface area contributed by atoms with E-state index in [2.05, 4.69) is 45.7 Å². The lowest BCUT2D eigenvalue weighted by Crippen LogP contribution is -2.36. The van der Waals surface area contributed by atoms with Gasteiger partial charge in [0.1, 0.15) is 0 Å². The van der Waals surface area contributed by atoms with Crippen molar-refractivity contribution in [1.82, 2.24) is 25.1 Å². The van der Waals surface area contributed by atoms with Crippen LogP contribution in [0.4, 0.5) is 0 Å². The Morgan fingerprint density at radius 2 is 1.82 bits per heavy atom. The third kappa shape index (κ3) is 4.28. The van der Waals surface area contributed by atoms with E-state index >= 15 is 0 Å². The van der Waals surface area contributed by atoms with Gasteiger partial charge < -0.3 is 11.5 Å². The lowest BCUT2D eigenvalue weighted by atomic mass is 9.97. The second kappa shape index (κ2) is 9.19. The summed E-state index contributed by atoms with van der Waals surface area (Å²) in [6, 6.07) is 15.3. The van der Waals surface area contributed by atoms with E-state index in [1.54, 1.807) is 23.7 Å². The Labute approximate surface area is 195 Å². The molecule has 0 bridgehead atoms. The van der Waals surface area contributed by atoms with Crippen LogP contribution < -0.4 is 11.5 Å². The molecule has 0 amide bonds. The third-order valence-corrected chi connectivity index (χ3v) is 6.75. The third-order valence-electron chi connectivity index (χ3n) is 5.76. The minimum absolute atomic E-state index is 0.293. The number of rotatable bonds is 7. The number of fused-ring (bicyclic) bond motifs is 1. The maximum atomic E-state index is 6.73. The van der Waals surface area contributed by atoms with Crippen LogP contribution in [0, 0.1) is 0 Å². The molecule has 0 fully saturated rings.